The van der Waals surface area contributed by atoms with Crippen LogP contribution in [0, 0.1) is 11.3 Å². The monoisotopic (exact) mass is 580 g/mol. The number of allylic oxidation sites excluding steroid dienone is 2. The number of unbranched alkanes of at least 4 members (excludes halogenated alkanes) is 2. The lowest BCUT2D eigenvalue weighted by Gasteiger charge is -2.58. The van der Waals surface area contributed by atoms with Crippen LogP contribution in [0.5, 0.6) is 0 Å². The number of piperidine rings is 1. The van der Waals surface area contributed by atoms with E-state index in [2.05, 4.69) is 64.7 Å². The molecular formula is C37H48N4O2. The number of aromatic nitrogens is 2. The number of nitrogens with zero attached hydrogens (tertiary/aromatic N) is 3. The van der Waals surface area contributed by atoms with E-state index >= 15 is 0 Å². The van der Waals surface area contributed by atoms with E-state index in [4.69, 9.17) is 4.98 Å². The van der Waals surface area contributed by atoms with Crippen molar-refractivity contribution in [3.05, 3.63) is 61.0 Å². The summed E-state index contributed by atoms with van der Waals surface area (Å²) in [6, 6.07) is 11.0. The molecule has 1 aromatic carbocycles. The highest BCUT2D eigenvalue weighted by Gasteiger charge is 2.66. The first kappa shape index (κ1) is 28.9. The number of para-hydroxylation sites is 1. The van der Waals surface area contributed by atoms with Crippen molar-refractivity contribution in [3.8, 4) is 0 Å². The molecule has 6 heteroatoms. The molecule has 6 nitrogen and oxygen atoms in total. The van der Waals surface area contributed by atoms with Gasteiger partial charge in [-0.25, -0.2) is 0 Å². The summed E-state index contributed by atoms with van der Waals surface area (Å²) >= 11 is 0. The second kappa shape index (κ2) is 11.6. The van der Waals surface area contributed by atoms with E-state index in [9.17, 15) is 9.90 Å². The largest absolute Gasteiger partial charge is 0.384 e. The maximum atomic E-state index is 13.0. The first-order valence-corrected chi connectivity index (χ1v) is 16.9. The predicted octanol–water partition coefficient (Wildman–Crippen LogP) is 6.89. The Morgan fingerprint density at radius 3 is 2.88 bits per heavy atom. The van der Waals surface area contributed by atoms with Gasteiger partial charge in [0.15, 0.2) is 0 Å². The smallest absolute Gasteiger partial charge is 0.133 e. The van der Waals surface area contributed by atoms with Crippen LogP contribution in [0.15, 0.2) is 55.3 Å². The molecule has 3 saturated heterocycles. The SMILES string of the molecule is C=CCC[C@]1(O)C=C(c2nccc3c2[nH]c2ccccc23)[C@@H]2CCN(CCCCC)C[C@@]23CC2CCC(=O)CCCN2[C@H]31. The lowest BCUT2D eigenvalue weighted by atomic mass is 9.54. The standard InChI is InChI=1S/C37H48N4O2/c1-3-5-9-20-40-22-17-31-30(33-34-29(16-19-38-33)28-12-7-8-13-32(28)39-34)24-37(43,18-6-4-2)35-36(31,25-40)23-26-14-15-27(42)11-10-21-41(26)35/h4,7-8,12-13,16,19,24,26,31,35,39,43H,2-3,5-6,9-11,14-15,17-18,20-23,25H2,1H3/t26?,31-,35+,36-,37-/m0/s1. The van der Waals surface area contributed by atoms with Crippen molar-refractivity contribution in [1.82, 2.24) is 19.8 Å². The third-order valence-electron chi connectivity index (χ3n) is 11.3. The lowest BCUT2D eigenvalue weighted by molar-refractivity contribution is -0.120. The zero-order valence-electron chi connectivity index (χ0n) is 25.9. The summed E-state index contributed by atoms with van der Waals surface area (Å²) in [5.74, 6) is 0.709. The van der Waals surface area contributed by atoms with Crippen LogP contribution in [0.1, 0.15) is 83.2 Å². The molecule has 3 aliphatic heterocycles. The van der Waals surface area contributed by atoms with E-state index in [0.29, 0.717) is 37.0 Å². The van der Waals surface area contributed by atoms with E-state index in [1.54, 1.807) is 0 Å². The predicted molar refractivity (Wildman–Crippen MR) is 175 cm³/mol. The van der Waals surface area contributed by atoms with E-state index in [0.717, 1.165) is 75.0 Å². The number of fused-ring (bicyclic) bond motifs is 5. The molecule has 3 fully saturated rings. The van der Waals surface area contributed by atoms with Crippen LogP contribution in [0.25, 0.3) is 27.4 Å². The summed E-state index contributed by atoms with van der Waals surface area (Å²) < 4.78 is 0. The number of carbonyl (C=O) groups excluding carboxylic acids is 1. The molecule has 228 valence electrons. The molecule has 0 amide bonds. The molecule has 1 spiro atoms. The Labute approximate surface area is 256 Å². The summed E-state index contributed by atoms with van der Waals surface area (Å²) in [5, 5.41) is 15.4. The Morgan fingerprint density at radius 2 is 2.02 bits per heavy atom. The minimum Gasteiger partial charge on any atom is -0.384 e. The molecule has 0 radical (unpaired) electrons. The minimum absolute atomic E-state index is 0.0304. The van der Waals surface area contributed by atoms with Crippen LogP contribution in [0.4, 0.5) is 0 Å². The van der Waals surface area contributed by atoms with Crippen LogP contribution in [0.2, 0.25) is 0 Å². The van der Waals surface area contributed by atoms with Gasteiger partial charge in [-0.2, -0.15) is 0 Å². The van der Waals surface area contributed by atoms with E-state index < -0.39 is 5.60 Å². The molecule has 0 bridgehead atoms. The van der Waals surface area contributed by atoms with Crippen LogP contribution in [-0.4, -0.2) is 74.5 Å². The average molecular weight is 581 g/mol. The normalized spacial score (nSPS) is 31.7. The molecular weight excluding hydrogens is 532 g/mol. The number of likely N-dealkylation sites (tertiary alicyclic amines) is 1. The maximum absolute atomic E-state index is 13.0. The number of aliphatic hydroxyl groups is 1. The van der Waals surface area contributed by atoms with E-state index in [1.807, 2.05) is 12.3 Å². The van der Waals surface area contributed by atoms with Gasteiger partial charge in [0.1, 0.15) is 5.78 Å². The average Bonchev–Trinajstić information content (AvgIpc) is 3.53. The van der Waals surface area contributed by atoms with Crippen molar-refractivity contribution >= 4 is 33.2 Å². The second-order valence-electron chi connectivity index (χ2n) is 13.9. The van der Waals surface area contributed by atoms with Gasteiger partial charge in [0, 0.05) is 59.4 Å². The summed E-state index contributed by atoms with van der Waals surface area (Å²) in [6.07, 6.45) is 16.5. The number of hydrogen-bond acceptors (Lipinski definition) is 5. The highest BCUT2D eigenvalue weighted by atomic mass is 16.3. The number of nitrogens with one attached hydrogen (secondary N) is 1. The molecule has 5 atom stereocenters. The molecule has 2 aromatic heterocycles. The number of aromatic amines is 1. The number of Topliss-reactive ketones (excluding diaryl/α,β-unsaturated/α-hetero) is 1. The number of pyridine rings is 1. The molecule has 4 aliphatic rings. The molecule has 0 saturated carbocycles. The molecule has 43 heavy (non-hydrogen) atoms. The Bertz CT molecular complexity index is 1540. The Morgan fingerprint density at radius 1 is 1.14 bits per heavy atom. The number of hydrogen-bond donors (Lipinski definition) is 2. The first-order chi connectivity index (χ1) is 21.0. The van der Waals surface area contributed by atoms with Crippen LogP contribution in [-0.2, 0) is 4.79 Å². The summed E-state index contributed by atoms with van der Waals surface area (Å²) in [5.41, 5.74) is 3.33. The zero-order valence-corrected chi connectivity index (χ0v) is 25.9. The van der Waals surface area contributed by atoms with Crippen molar-refractivity contribution in [2.75, 3.05) is 26.2 Å². The van der Waals surface area contributed by atoms with Gasteiger partial charge in [0.05, 0.1) is 16.8 Å². The van der Waals surface area contributed by atoms with Crippen molar-refractivity contribution in [3.63, 3.8) is 0 Å². The Hall–Kier alpha value is -2.80. The highest BCUT2D eigenvalue weighted by molar-refractivity contribution is 6.09. The van der Waals surface area contributed by atoms with Gasteiger partial charge in [-0.3, -0.25) is 14.7 Å². The van der Waals surface area contributed by atoms with Gasteiger partial charge in [-0.15, -0.1) is 6.58 Å². The minimum atomic E-state index is -1.000. The van der Waals surface area contributed by atoms with Crippen molar-refractivity contribution < 1.29 is 9.90 Å². The number of H-pyrrole nitrogens is 1. The third kappa shape index (κ3) is 4.90. The van der Waals surface area contributed by atoms with Gasteiger partial charge in [-0.05, 0) is 94.3 Å². The fourth-order valence-corrected chi connectivity index (χ4v) is 9.63. The molecule has 3 aromatic rings. The van der Waals surface area contributed by atoms with Gasteiger partial charge in [0.25, 0.3) is 0 Å². The third-order valence-corrected chi connectivity index (χ3v) is 11.3. The molecule has 1 unspecified atom stereocenters. The Kier molecular flexibility index (Phi) is 7.81. The molecule has 2 N–H and O–H groups in total. The lowest BCUT2D eigenvalue weighted by Crippen LogP contribution is -2.65. The van der Waals surface area contributed by atoms with Crippen LogP contribution < -0.4 is 0 Å². The van der Waals surface area contributed by atoms with E-state index in [1.165, 1.54) is 35.6 Å². The zero-order chi connectivity index (χ0) is 29.6. The molecule has 1 aliphatic carbocycles. The van der Waals surface area contributed by atoms with Gasteiger partial charge < -0.3 is 15.0 Å². The maximum Gasteiger partial charge on any atom is 0.133 e. The van der Waals surface area contributed by atoms with Crippen molar-refractivity contribution in [1.29, 1.82) is 0 Å². The quantitative estimate of drug-likeness (QED) is 0.224. The fraction of sp³-hybridized carbons (Fsp3) is 0.568. The molecule has 7 rings (SSSR count). The number of benzene rings is 1. The van der Waals surface area contributed by atoms with Crippen LogP contribution in [0.3, 0.4) is 0 Å². The van der Waals surface area contributed by atoms with Gasteiger partial charge in [-0.1, -0.05) is 44.0 Å². The highest BCUT2D eigenvalue weighted by Crippen LogP contribution is 2.62. The Balaban J connectivity index is 1.40. The topological polar surface area (TPSA) is 72.5 Å². The van der Waals surface area contributed by atoms with Crippen molar-refractivity contribution in [2.45, 2.75) is 95.2 Å². The molecule has 5 heterocycles. The summed E-state index contributed by atoms with van der Waals surface area (Å²) in [6.45, 7) is 10.4. The fourth-order valence-electron chi connectivity index (χ4n) is 9.63. The van der Waals surface area contributed by atoms with Gasteiger partial charge >= 0.3 is 0 Å². The number of ketones is 1. The van der Waals surface area contributed by atoms with Crippen LogP contribution >= 0.6 is 0 Å². The van der Waals surface area contributed by atoms with Crippen molar-refractivity contribution in [2.24, 2.45) is 11.3 Å². The number of carbonyl (C=O) groups is 1. The summed E-state index contributed by atoms with van der Waals surface area (Å²) in [7, 11) is 0. The summed E-state index contributed by atoms with van der Waals surface area (Å²) in [4.78, 5) is 26.8. The number of rotatable bonds is 8. The van der Waals surface area contributed by atoms with Gasteiger partial charge in [0.2, 0.25) is 0 Å². The first-order valence-electron chi connectivity index (χ1n) is 16.9. The second-order valence-corrected chi connectivity index (χ2v) is 13.9. The van der Waals surface area contributed by atoms with E-state index in [-0.39, 0.29) is 11.5 Å².